The number of nitrogens with zero attached hydrogens (tertiary/aromatic N) is 5. The average Bonchev–Trinajstić information content (AvgIpc) is 3.57. The largest absolute Gasteiger partial charge is 0.454 e. The molecule has 0 saturated carbocycles. The third-order valence-electron chi connectivity index (χ3n) is 5.19. The molecule has 2 aromatic carbocycles. The lowest BCUT2D eigenvalue weighted by atomic mass is 10.2. The Kier molecular flexibility index (Phi) is 6.06. The van der Waals surface area contributed by atoms with E-state index in [0.717, 1.165) is 50.0 Å². The second kappa shape index (κ2) is 9.29. The number of anilines is 1. The number of aromatic nitrogens is 4. The zero-order valence-corrected chi connectivity index (χ0v) is 20.0. The molecule has 0 fully saturated rings. The van der Waals surface area contributed by atoms with E-state index in [9.17, 15) is 0 Å². The van der Waals surface area contributed by atoms with E-state index in [1.165, 1.54) is 0 Å². The smallest absolute Gasteiger partial charge is 0.231 e. The van der Waals surface area contributed by atoms with Crippen LogP contribution in [0.15, 0.2) is 65.7 Å². The van der Waals surface area contributed by atoms with Gasteiger partial charge in [0.15, 0.2) is 22.5 Å². The molecular weight excluding hydrogens is 454 g/mol. The zero-order valence-electron chi connectivity index (χ0n) is 18.4. The van der Waals surface area contributed by atoms with Crippen LogP contribution < -0.4 is 14.4 Å². The molecule has 0 N–H and O–H groups in total. The van der Waals surface area contributed by atoms with Crippen LogP contribution in [0.3, 0.4) is 0 Å². The topological polar surface area (TPSA) is 65.3 Å². The lowest BCUT2D eigenvalue weighted by Crippen LogP contribution is -2.08. The first-order valence-corrected chi connectivity index (χ1v) is 12.3. The first kappa shape index (κ1) is 21.5. The maximum absolute atomic E-state index is 5.49. The van der Waals surface area contributed by atoms with Crippen molar-refractivity contribution < 1.29 is 9.47 Å². The van der Waals surface area contributed by atoms with Crippen molar-refractivity contribution in [2.75, 3.05) is 25.8 Å². The number of rotatable bonds is 8. The lowest BCUT2D eigenvalue weighted by molar-refractivity contribution is 0.174. The number of ether oxygens (including phenoxy) is 2. The summed E-state index contributed by atoms with van der Waals surface area (Å²) in [5.41, 5.74) is 4.20. The van der Waals surface area contributed by atoms with E-state index in [1.54, 1.807) is 23.1 Å². The number of benzene rings is 2. The van der Waals surface area contributed by atoms with Gasteiger partial charge in [0, 0.05) is 48.6 Å². The monoisotopic (exact) mass is 477 g/mol. The van der Waals surface area contributed by atoms with Gasteiger partial charge in [-0.2, -0.15) is 0 Å². The molecule has 4 aromatic rings. The van der Waals surface area contributed by atoms with E-state index >= 15 is 0 Å². The third-order valence-corrected chi connectivity index (χ3v) is 7.13. The molecule has 0 saturated heterocycles. The summed E-state index contributed by atoms with van der Waals surface area (Å²) in [5.74, 6) is 3.08. The van der Waals surface area contributed by atoms with E-state index in [1.807, 2.05) is 38.4 Å². The SMILES string of the molecule is C=CCn1c(SCc2csc(-c3ccc4c(c3)OCO4)n2)nnc1-c1ccc(N(C)C)cc1. The van der Waals surface area contributed by atoms with Crippen LogP contribution in [0.25, 0.3) is 22.0 Å². The second-order valence-corrected chi connectivity index (χ2v) is 9.45. The Morgan fingerprint density at radius 3 is 2.67 bits per heavy atom. The van der Waals surface area contributed by atoms with E-state index in [4.69, 9.17) is 14.5 Å². The summed E-state index contributed by atoms with van der Waals surface area (Å²) < 4.78 is 13.0. The average molecular weight is 478 g/mol. The molecule has 7 nitrogen and oxygen atoms in total. The standard InChI is InChI=1S/C24H23N5O2S2/c1-4-11-29-22(16-5-8-19(9-6-16)28(2)3)26-27-24(29)33-14-18-13-32-23(25-18)17-7-10-20-21(12-17)31-15-30-20/h4-10,12-13H,1,11,14-15H2,2-3H3. The summed E-state index contributed by atoms with van der Waals surface area (Å²) in [6, 6.07) is 14.2. The van der Waals surface area contributed by atoms with Crippen molar-refractivity contribution in [2.45, 2.75) is 17.5 Å². The van der Waals surface area contributed by atoms with Gasteiger partial charge in [-0.15, -0.1) is 28.1 Å². The molecule has 2 aromatic heterocycles. The van der Waals surface area contributed by atoms with E-state index < -0.39 is 0 Å². The van der Waals surface area contributed by atoms with Crippen molar-refractivity contribution in [3.63, 3.8) is 0 Å². The highest BCUT2D eigenvalue weighted by Crippen LogP contribution is 2.37. The predicted molar refractivity (Wildman–Crippen MR) is 133 cm³/mol. The zero-order chi connectivity index (χ0) is 22.8. The Hall–Kier alpha value is -3.30. The summed E-state index contributed by atoms with van der Waals surface area (Å²) in [6.45, 7) is 4.81. The Morgan fingerprint density at radius 2 is 1.88 bits per heavy atom. The molecule has 9 heteroatoms. The van der Waals surface area contributed by atoms with Crippen molar-refractivity contribution in [3.05, 3.63) is 66.2 Å². The molecule has 3 heterocycles. The van der Waals surface area contributed by atoms with Crippen LogP contribution in [0, 0.1) is 0 Å². The molecule has 0 amide bonds. The van der Waals surface area contributed by atoms with E-state index in [2.05, 4.69) is 55.9 Å². The van der Waals surface area contributed by atoms with Gasteiger partial charge in [-0.3, -0.25) is 4.57 Å². The normalized spacial score (nSPS) is 12.2. The van der Waals surface area contributed by atoms with Gasteiger partial charge in [-0.05, 0) is 42.5 Å². The van der Waals surface area contributed by atoms with Gasteiger partial charge in [-0.1, -0.05) is 17.8 Å². The molecule has 5 rings (SSSR count). The minimum Gasteiger partial charge on any atom is -0.454 e. The first-order valence-electron chi connectivity index (χ1n) is 10.4. The van der Waals surface area contributed by atoms with Gasteiger partial charge in [0.1, 0.15) is 5.01 Å². The maximum atomic E-state index is 5.49. The summed E-state index contributed by atoms with van der Waals surface area (Å²) in [7, 11) is 4.06. The number of hydrogen-bond acceptors (Lipinski definition) is 8. The van der Waals surface area contributed by atoms with Gasteiger partial charge in [-0.25, -0.2) is 4.98 Å². The Balaban J connectivity index is 1.32. The number of hydrogen-bond donors (Lipinski definition) is 0. The molecule has 0 radical (unpaired) electrons. The molecule has 0 atom stereocenters. The van der Waals surface area contributed by atoms with Crippen LogP contribution >= 0.6 is 23.1 Å². The fraction of sp³-hybridized carbons (Fsp3) is 0.208. The van der Waals surface area contributed by atoms with Crippen LogP contribution in [-0.2, 0) is 12.3 Å². The molecule has 0 spiro atoms. The molecule has 0 bridgehead atoms. The van der Waals surface area contributed by atoms with Gasteiger partial charge >= 0.3 is 0 Å². The lowest BCUT2D eigenvalue weighted by Gasteiger charge is -2.13. The van der Waals surface area contributed by atoms with Gasteiger partial charge in [0.25, 0.3) is 0 Å². The van der Waals surface area contributed by atoms with Crippen molar-refractivity contribution in [1.29, 1.82) is 0 Å². The quantitative estimate of drug-likeness (QED) is 0.251. The number of fused-ring (bicyclic) bond motifs is 1. The van der Waals surface area contributed by atoms with Crippen LogP contribution in [0.1, 0.15) is 5.69 Å². The van der Waals surface area contributed by atoms with E-state index in [0.29, 0.717) is 12.3 Å². The molecule has 1 aliphatic rings. The fourth-order valence-corrected chi connectivity index (χ4v) is 5.25. The molecule has 0 unspecified atom stereocenters. The molecular formula is C24H23N5O2S2. The molecule has 1 aliphatic heterocycles. The minimum absolute atomic E-state index is 0.270. The van der Waals surface area contributed by atoms with Crippen LogP contribution in [0.2, 0.25) is 0 Å². The Morgan fingerprint density at radius 1 is 1.09 bits per heavy atom. The second-order valence-electron chi connectivity index (χ2n) is 7.65. The highest BCUT2D eigenvalue weighted by molar-refractivity contribution is 7.98. The van der Waals surface area contributed by atoms with Gasteiger partial charge < -0.3 is 14.4 Å². The third kappa shape index (κ3) is 4.46. The summed E-state index contributed by atoms with van der Waals surface area (Å²) in [4.78, 5) is 6.88. The Labute approximate surface area is 200 Å². The van der Waals surface area contributed by atoms with Crippen molar-refractivity contribution in [1.82, 2.24) is 19.7 Å². The molecule has 168 valence electrons. The van der Waals surface area contributed by atoms with Crippen LogP contribution in [0.5, 0.6) is 11.5 Å². The highest BCUT2D eigenvalue weighted by atomic mass is 32.2. The van der Waals surface area contributed by atoms with Crippen LogP contribution in [-0.4, -0.2) is 40.6 Å². The molecule has 0 aliphatic carbocycles. The predicted octanol–water partition coefficient (Wildman–Crippen LogP) is 5.34. The Bertz CT molecular complexity index is 1280. The van der Waals surface area contributed by atoms with Crippen molar-refractivity contribution in [3.8, 4) is 33.5 Å². The summed E-state index contributed by atoms with van der Waals surface area (Å²) in [6.07, 6.45) is 1.87. The summed E-state index contributed by atoms with van der Waals surface area (Å²) in [5, 5.41) is 12.8. The van der Waals surface area contributed by atoms with Gasteiger partial charge in [0.05, 0.1) is 5.69 Å². The highest BCUT2D eigenvalue weighted by Gasteiger charge is 2.17. The minimum atomic E-state index is 0.270. The van der Waals surface area contributed by atoms with Crippen LogP contribution in [0.4, 0.5) is 5.69 Å². The number of allylic oxidation sites excluding steroid dienone is 1. The fourth-order valence-electron chi connectivity index (χ4n) is 3.49. The maximum Gasteiger partial charge on any atom is 0.231 e. The van der Waals surface area contributed by atoms with Gasteiger partial charge in [0.2, 0.25) is 6.79 Å². The number of thiazole rings is 1. The first-order chi connectivity index (χ1) is 16.1. The number of thioether (sulfide) groups is 1. The summed E-state index contributed by atoms with van der Waals surface area (Å²) >= 11 is 3.24. The van der Waals surface area contributed by atoms with Crippen molar-refractivity contribution in [2.24, 2.45) is 0 Å². The van der Waals surface area contributed by atoms with E-state index in [-0.39, 0.29) is 6.79 Å². The van der Waals surface area contributed by atoms with Crippen molar-refractivity contribution >= 4 is 28.8 Å². The molecule has 33 heavy (non-hydrogen) atoms.